The summed E-state index contributed by atoms with van der Waals surface area (Å²) in [4.78, 5) is 11.0. The molecule has 0 aromatic heterocycles. The summed E-state index contributed by atoms with van der Waals surface area (Å²) in [5, 5.41) is 14.8. The molecule has 0 saturated carbocycles. The zero-order valence-electron chi connectivity index (χ0n) is 16.6. The zero-order chi connectivity index (χ0) is 21.3. The highest BCUT2D eigenvalue weighted by molar-refractivity contribution is 5.64. The van der Waals surface area contributed by atoms with Crippen molar-refractivity contribution in [3.63, 3.8) is 0 Å². The van der Waals surface area contributed by atoms with Crippen LogP contribution in [0.5, 0.6) is 0 Å². The predicted octanol–water partition coefficient (Wildman–Crippen LogP) is 6.03. The molecule has 0 amide bonds. The van der Waals surface area contributed by atoms with Gasteiger partial charge in [-0.1, -0.05) is 91.0 Å². The fourth-order valence-corrected chi connectivity index (χ4v) is 4.24. The first-order valence-electron chi connectivity index (χ1n) is 10.1. The summed E-state index contributed by atoms with van der Waals surface area (Å²) in [6.07, 6.45) is -0.574. The maximum absolute atomic E-state index is 11.3. The first-order chi connectivity index (χ1) is 15.2. The van der Waals surface area contributed by atoms with E-state index in [1.165, 1.54) is 6.07 Å². The lowest BCUT2D eigenvalue weighted by Crippen LogP contribution is -2.40. The molecule has 0 fully saturated rings. The molecule has 1 atom stereocenters. The minimum atomic E-state index is -0.875. The molecule has 5 rings (SSSR count). The number of non-ortho nitro benzene ring substituents is 1. The van der Waals surface area contributed by atoms with Gasteiger partial charge in [-0.2, -0.15) is 0 Å². The van der Waals surface area contributed by atoms with Gasteiger partial charge in [-0.25, -0.2) is 0 Å². The molecule has 5 nitrogen and oxygen atoms in total. The highest BCUT2D eigenvalue weighted by atomic mass is 16.6. The lowest BCUT2D eigenvalue weighted by Gasteiger charge is -2.44. The molecular formula is C26H20N2O3. The van der Waals surface area contributed by atoms with E-state index in [-0.39, 0.29) is 10.6 Å². The van der Waals surface area contributed by atoms with Crippen molar-refractivity contribution < 1.29 is 9.66 Å². The van der Waals surface area contributed by atoms with Crippen LogP contribution in [0, 0.1) is 10.1 Å². The SMILES string of the molecule is O=[N+]([O-])c1cccc(C2Nc3ccccc3C(c3ccccc3)(c3ccccc3)O2)c1. The summed E-state index contributed by atoms with van der Waals surface area (Å²) >= 11 is 0. The largest absolute Gasteiger partial charge is 0.356 e. The molecule has 1 unspecified atom stereocenters. The Hall–Kier alpha value is -3.96. The van der Waals surface area contributed by atoms with Crippen molar-refractivity contribution >= 4 is 11.4 Å². The standard InChI is InChI=1S/C26H20N2O3/c29-28(30)22-15-9-10-19(18-22)25-27-24-17-8-7-16-23(24)26(31-25,20-11-3-1-4-12-20)21-13-5-2-6-14-21/h1-18,25,27H. The molecule has 0 saturated heterocycles. The Morgan fingerprint density at radius 1 is 0.774 bits per heavy atom. The Balaban J connectivity index is 1.75. The van der Waals surface area contributed by atoms with Gasteiger partial charge in [0.05, 0.1) is 4.92 Å². The van der Waals surface area contributed by atoms with Crippen LogP contribution in [0.1, 0.15) is 28.5 Å². The van der Waals surface area contributed by atoms with E-state index in [1.807, 2.05) is 60.7 Å². The third-order valence-corrected chi connectivity index (χ3v) is 5.63. The van der Waals surface area contributed by atoms with Gasteiger partial charge in [0.15, 0.2) is 6.23 Å². The molecule has 0 bridgehead atoms. The monoisotopic (exact) mass is 408 g/mol. The number of rotatable bonds is 4. The summed E-state index contributed by atoms with van der Waals surface area (Å²) in [5.74, 6) is 0. The number of para-hydroxylation sites is 1. The summed E-state index contributed by atoms with van der Waals surface area (Å²) in [7, 11) is 0. The number of ether oxygens (including phenoxy) is 1. The van der Waals surface area contributed by atoms with Crippen molar-refractivity contribution in [3.8, 4) is 0 Å². The third kappa shape index (κ3) is 3.25. The van der Waals surface area contributed by atoms with E-state index >= 15 is 0 Å². The van der Waals surface area contributed by atoms with Gasteiger partial charge in [0.2, 0.25) is 0 Å². The average Bonchev–Trinajstić information content (AvgIpc) is 2.84. The lowest BCUT2D eigenvalue weighted by molar-refractivity contribution is -0.385. The molecule has 1 aliphatic heterocycles. The maximum atomic E-state index is 11.3. The van der Waals surface area contributed by atoms with Crippen LogP contribution < -0.4 is 5.32 Å². The van der Waals surface area contributed by atoms with Crippen LogP contribution in [0.4, 0.5) is 11.4 Å². The van der Waals surface area contributed by atoms with E-state index in [9.17, 15) is 10.1 Å². The van der Waals surface area contributed by atoms with Gasteiger partial charge < -0.3 is 10.1 Å². The van der Waals surface area contributed by atoms with E-state index in [4.69, 9.17) is 4.74 Å². The summed E-state index contributed by atoms with van der Waals surface area (Å²) in [5.41, 5.74) is 3.76. The number of nitro benzene ring substituents is 1. The van der Waals surface area contributed by atoms with E-state index in [0.717, 1.165) is 22.4 Å². The van der Waals surface area contributed by atoms with Crippen LogP contribution in [0.25, 0.3) is 0 Å². The number of anilines is 1. The van der Waals surface area contributed by atoms with Crippen molar-refractivity contribution in [3.05, 3.63) is 142 Å². The Bertz CT molecular complexity index is 1190. The second kappa shape index (κ2) is 7.70. The van der Waals surface area contributed by atoms with Crippen LogP contribution in [-0.2, 0) is 10.3 Å². The van der Waals surface area contributed by atoms with Crippen LogP contribution in [0.15, 0.2) is 109 Å². The van der Waals surface area contributed by atoms with Gasteiger partial charge in [0.25, 0.3) is 5.69 Å². The van der Waals surface area contributed by atoms with Crippen molar-refractivity contribution in [2.24, 2.45) is 0 Å². The maximum Gasteiger partial charge on any atom is 0.269 e. The topological polar surface area (TPSA) is 64.4 Å². The van der Waals surface area contributed by atoms with Crippen molar-refractivity contribution in [1.29, 1.82) is 0 Å². The number of nitrogens with one attached hydrogen (secondary N) is 1. The van der Waals surface area contributed by atoms with Crippen LogP contribution in [0.3, 0.4) is 0 Å². The molecule has 1 heterocycles. The molecule has 0 radical (unpaired) electrons. The average molecular weight is 408 g/mol. The van der Waals surface area contributed by atoms with Gasteiger partial charge in [-0.3, -0.25) is 10.1 Å². The van der Waals surface area contributed by atoms with E-state index in [1.54, 1.807) is 12.1 Å². The molecule has 1 N–H and O–H groups in total. The summed E-state index contributed by atoms with van der Waals surface area (Å²) in [6, 6.07) is 34.8. The van der Waals surface area contributed by atoms with Crippen LogP contribution in [0.2, 0.25) is 0 Å². The summed E-state index contributed by atoms with van der Waals surface area (Å²) in [6.45, 7) is 0. The smallest absolute Gasteiger partial charge is 0.269 e. The quantitative estimate of drug-likeness (QED) is 0.331. The second-order valence-electron chi connectivity index (χ2n) is 7.45. The minimum absolute atomic E-state index is 0.0341. The Labute approximate surface area is 180 Å². The molecule has 152 valence electrons. The highest BCUT2D eigenvalue weighted by Crippen LogP contribution is 2.50. The number of fused-ring (bicyclic) bond motifs is 1. The predicted molar refractivity (Wildman–Crippen MR) is 120 cm³/mol. The number of benzene rings is 4. The fourth-order valence-electron chi connectivity index (χ4n) is 4.24. The first kappa shape index (κ1) is 19.0. The van der Waals surface area contributed by atoms with E-state index < -0.39 is 11.8 Å². The minimum Gasteiger partial charge on any atom is -0.356 e. The Morgan fingerprint density at radius 2 is 1.39 bits per heavy atom. The van der Waals surface area contributed by atoms with E-state index in [2.05, 4.69) is 35.6 Å². The normalized spacial score (nSPS) is 16.7. The van der Waals surface area contributed by atoms with E-state index in [0.29, 0.717) is 5.56 Å². The van der Waals surface area contributed by atoms with Crippen molar-refractivity contribution in [2.75, 3.05) is 5.32 Å². The van der Waals surface area contributed by atoms with Gasteiger partial charge in [0, 0.05) is 28.9 Å². The third-order valence-electron chi connectivity index (χ3n) is 5.63. The molecule has 0 aliphatic carbocycles. The van der Waals surface area contributed by atoms with Gasteiger partial charge in [-0.05, 0) is 17.2 Å². The molecule has 1 aliphatic rings. The highest BCUT2D eigenvalue weighted by Gasteiger charge is 2.45. The zero-order valence-corrected chi connectivity index (χ0v) is 16.6. The number of nitro groups is 1. The van der Waals surface area contributed by atoms with Gasteiger partial charge >= 0.3 is 0 Å². The van der Waals surface area contributed by atoms with Crippen LogP contribution >= 0.6 is 0 Å². The Morgan fingerprint density at radius 3 is 2.03 bits per heavy atom. The van der Waals surface area contributed by atoms with Gasteiger partial charge in [0.1, 0.15) is 5.60 Å². The summed E-state index contributed by atoms with van der Waals surface area (Å²) < 4.78 is 6.86. The van der Waals surface area contributed by atoms with Gasteiger partial charge in [-0.15, -0.1) is 0 Å². The molecule has 4 aromatic carbocycles. The molecule has 4 aromatic rings. The number of hydrogen-bond acceptors (Lipinski definition) is 4. The first-order valence-corrected chi connectivity index (χ1v) is 10.1. The second-order valence-corrected chi connectivity index (χ2v) is 7.45. The Kier molecular flexibility index (Phi) is 4.73. The van der Waals surface area contributed by atoms with Crippen molar-refractivity contribution in [1.82, 2.24) is 0 Å². The molecule has 0 spiro atoms. The van der Waals surface area contributed by atoms with Crippen molar-refractivity contribution in [2.45, 2.75) is 11.8 Å². The fraction of sp³-hybridized carbons (Fsp3) is 0.0769. The molecule has 5 heteroatoms. The number of hydrogen-bond donors (Lipinski definition) is 1. The lowest BCUT2D eigenvalue weighted by atomic mass is 9.78. The molecule has 31 heavy (non-hydrogen) atoms. The van der Waals surface area contributed by atoms with Crippen LogP contribution in [-0.4, -0.2) is 4.92 Å². The molecular weight excluding hydrogens is 388 g/mol. The number of nitrogens with zero attached hydrogens (tertiary/aromatic N) is 1.